The summed E-state index contributed by atoms with van der Waals surface area (Å²) >= 11 is 1.43. The number of nitro benzene ring substituents is 1. The second-order valence-corrected chi connectivity index (χ2v) is 4.47. The zero-order valence-electron chi connectivity index (χ0n) is 8.51. The minimum Gasteiger partial charge on any atom is -0.383 e. The molecule has 0 unspecified atom stereocenters. The first-order valence-electron chi connectivity index (χ1n) is 4.55. The molecule has 1 heterocycles. The summed E-state index contributed by atoms with van der Waals surface area (Å²) in [4.78, 5) is 15.3. The van der Waals surface area contributed by atoms with Crippen molar-refractivity contribution < 1.29 is 4.92 Å². The van der Waals surface area contributed by atoms with Crippen molar-refractivity contribution in [3.63, 3.8) is 0 Å². The molecule has 2 N–H and O–H groups in total. The van der Waals surface area contributed by atoms with Crippen LogP contribution in [-0.2, 0) is 0 Å². The standard InChI is InChI=1S/C10H9N3O2S/c1-6-9(11)12-10(16-6)7-3-2-4-8(5-7)13(14)15/h2-5H,11H2,1H3. The van der Waals surface area contributed by atoms with E-state index >= 15 is 0 Å². The number of nitrogens with two attached hydrogens (primary N) is 1. The monoisotopic (exact) mass is 235 g/mol. The molecule has 0 bridgehead atoms. The van der Waals surface area contributed by atoms with Gasteiger partial charge in [-0.05, 0) is 6.92 Å². The molecule has 0 saturated heterocycles. The molecule has 0 saturated carbocycles. The first kappa shape index (κ1) is 10.6. The molecular weight excluding hydrogens is 226 g/mol. The van der Waals surface area contributed by atoms with Gasteiger partial charge in [0.2, 0.25) is 0 Å². The molecule has 1 aromatic carbocycles. The van der Waals surface area contributed by atoms with Crippen molar-refractivity contribution in [2.45, 2.75) is 6.92 Å². The van der Waals surface area contributed by atoms with Crippen molar-refractivity contribution in [1.82, 2.24) is 4.98 Å². The summed E-state index contributed by atoms with van der Waals surface area (Å²) in [5.74, 6) is 0.478. The Bertz CT molecular complexity index is 531. The molecule has 0 spiro atoms. The van der Waals surface area contributed by atoms with Gasteiger partial charge in [-0.2, -0.15) is 0 Å². The van der Waals surface area contributed by atoms with Gasteiger partial charge in [0.25, 0.3) is 5.69 Å². The van der Waals surface area contributed by atoms with Gasteiger partial charge < -0.3 is 5.73 Å². The first-order valence-corrected chi connectivity index (χ1v) is 5.37. The molecule has 2 rings (SSSR count). The summed E-state index contributed by atoms with van der Waals surface area (Å²) in [6.45, 7) is 1.87. The highest BCUT2D eigenvalue weighted by molar-refractivity contribution is 7.15. The molecule has 82 valence electrons. The Kier molecular flexibility index (Phi) is 2.57. The summed E-state index contributed by atoms with van der Waals surface area (Å²) < 4.78 is 0. The summed E-state index contributed by atoms with van der Waals surface area (Å²) in [6, 6.07) is 6.37. The van der Waals surface area contributed by atoms with E-state index in [9.17, 15) is 10.1 Å². The maximum atomic E-state index is 10.6. The maximum absolute atomic E-state index is 10.6. The van der Waals surface area contributed by atoms with Crippen molar-refractivity contribution in [3.05, 3.63) is 39.3 Å². The van der Waals surface area contributed by atoms with E-state index in [2.05, 4.69) is 4.98 Å². The van der Waals surface area contributed by atoms with Gasteiger partial charge in [0, 0.05) is 22.6 Å². The lowest BCUT2D eigenvalue weighted by molar-refractivity contribution is -0.384. The van der Waals surface area contributed by atoms with Crippen molar-refractivity contribution in [3.8, 4) is 10.6 Å². The molecule has 0 aliphatic carbocycles. The number of nitrogen functional groups attached to an aromatic ring is 1. The highest BCUT2D eigenvalue weighted by atomic mass is 32.1. The van der Waals surface area contributed by atoms with Gasteiger partial charge in [0.15, 0.2) is 0 Å². The second-order valence-electron chi connectivity index (χ2n) is 3.27. The normalized spacial score (nSPS) is 10.3. The van der Waals surface area contributed by atoms with Crippen molar-refractivity contribution in [1.29, 1.82) is 0 Å². The summed E-state index contributed by atoms with van der Waals surface area (Å²) in [5, 5.41) is 11.3. The summed E-state index contributed by atoms with van der Waals surface area (Å²) in [5.41, 5.74) is 6.42. The van der Waals surface area contributed by atoms with Gasteiger partial charge in [-0.1, -0.05) is 12.1 Å². The molecule has 5 nitrogen and oxygen atoms in total. The molecule has 6 heteroatoms. The fourth-order valence-electron chi connectivity index (χ4n) is 1.28. The van der Waals surface area contributed by atoms with Crippen LogP contribution < -0.4 is 5.73 Å². The zero-order chi connectivity index (χ0) is 11.7. The Morgan fingerprint density at radius 1 is 1.50 bits per heavy atom. The fraction of sp³-hybridized carbons (Fsp3) is 0.100. The molecule has 0 aliphatic heterocycles. The fourth-order valence-corrected chi connectivity index (χ4v) is 2.11. The average molecular weight is 235 g/mol. The summed E-state index contributed by atoms with van der Waals surface area (Å²) in [7, 11) is 0. The quantitative estimate of drug-likeness (QED) is 0.640. The average Bonchev–Trinajstić information content (AvgIpc) is 2.59. The van der Waals surface area contributed by atoms with Crippen LogP contribution in [0.25, 0.3) is 10.6 Å². The number of nitro groups is 1. The number of rotatable bonds is 2. The van der Waals surface area contributed by atoms with E-state index in [4.69, 9.17) is 5.73 Å². The maximum Gasteiger partial charge on any atom is 0.270 e. The van der Waals surface area contributed by atoms with E-state index in [1.165, 1.54) is 23.5 Å². The highest BCUT2D eigenvalue weighted by Gasteiger charge is 2.11. The lowest BCUT2D eigenvalue weighted by Gasteiger charge is -1.95. The Labute approximate surface area is 95.7 Å². The third-order valence-corrected chi connectivity index (χ3v) is 3.17. The smallest absolute Gasteiger partial charge is 0.270 e. The van der Waals surface area contributed by atoms with E-state index in [1.807, 2.05) is 6.92 Å². The van der Waals surface area contributed by atoms with Gasteiger partial charge >= 0.3 is 0 Å². The molecule has 16 heavy (non-hydrogen) atoms. The minimum atomic E-state index is -0.423. The first-order chi connectivity index (χ1) is 7.58. The van der Waals surface area contributed by atoms with Crippen LogP contribution in [0.5, 0.6) is 0 Å². The summed E-state index contributed by atoms with van der Waals surface area (Å²) in [6.07, 6.45) is 0. The number of hydrogen-bond donors (Lipinski definition) is 1. The molecule has 0 fully saturated rings. The van der Waals surface area contributed by atoms with Gasteiger partial charge in [-0.25, -0.2) is 4.98 Å². The highest BCUT2D eigenvalue weighted by Crippen LogP contribution is 2.30. The predicted molar refractivity (Wildman–Crippen MR) is 63.4 cm³/mol. The van der Waals surface area contributed by atoms with Gasteiger partial charge in [0.1, 0.15) is 10.8 Å². The third kappa shape index (κ3) is 1.87. The number of non-ortho nitro benzene ring substituents is 1. The van der Waals surface area contributed by atoms with E-state index in [-0.39, 0.29) is 5.69 Å². The van der Waals surface area contributed by atoms with Crippen LogP contribution in [0.15, 0.2) is 24.3 Å². The Balaban J connectivity index is 2.48. The Hall–Kier alpha value is -1.95. The van der Waals surface area contributed by atoms with Crippen LogP contribution >= 0.6 is 11.3 Å². The number of aryl methyl sites for hydroxylation is 1. The molecule has 0 radical (unpaired) electrons. The number of anilines is 1. The van der Waals surface area contributed by atoms with Gasteiger partial charge in [0.05, 0.1) is 4.92 Å². The number of benzene rings is 1. The van der Waals surface area contributed by atoms with Crippen LogP contribution in [0.3, 0.4) is 0 Å². The van der Waals surface area contributed by atoms with E-state index in [1.54, 1.807) is 12.1 Å². The molecular formula is C10H9N3O2S. The number of aromatic nitrogens is 1. The molecule has 0 amide bonds. The van der Waals surface area contributed by atoms with Gasteiger partial charge in [-0.3, -0.25) is 10.1 Å². The number of thiazole rings is 1. The topological polar surface area (TPSA) is 82.0 Å². The van der Waals surface area contributed by atoms with Crippen molar-refractivity contribution in [2.24, 2.45) is 0 Å². The van der Waals surface area contributed by atoms with Crippen LogP contribution in [-0.4, -0.2) is 9.91 Å². The lowest BCUT2D eigenvalue weighted by Crippen LogP contribution is -1.88. The predicted octanol–water partition coefficient (Wildman–Crippen LogP) is 2.61. The van der Waals surface area contributed by atoms with E-state index in [0.29, 0.717) is 10.8 Å². The van der Waals surface area contributed by atoms with Crippen LogP contribution in [0.4, 0.5) is 11.5 Å². The molecule has 0 atom stereocenters. The van der Waals surface area contributed by atoms with Crippen LogP contribution in [0.1, 0.15) is 4.88 Å². The number of nitrogens with zero attached hydrogens (tertiary/aromatic N) is 2. The van der Waals surface area contributed by atoms with Crippen LogP contribution in [0, 0.1) is 17.0 Å². The SMILES string of the molecule is Cc1sc(-c2cccc([N+](=O)[O-])c2)nc1N. The van der Waals surface area contributed by atoms with Gasteiger partial charge in [-0.15, -0.1) is 11.3 Å². The van der Waals surface area contributed by atoms with E-state index < -0.39 is 4.92 Å². The minimum absolute atomic E-state index is 0.0592. The Morgan fingerprint density at radius 2 is 2.25 bits per heavy atom. The Morgan fingerprint density at radius 3 is 2.81 bits per heavy atom. The van der Waals surface area contributed by atoms with Crippen molar-refractivity contribution >= 4 is 22.8 Å². The van der Waals surface area contributed by atoms with E-state index in [0.717, 1.165) is 10.4 Å². The number of hydrogen-bond acceptors (Lipinski definition) is 5. The molecule has 1 aromatic heterocycles. The van der Waals surface area contributed by atoms with Crippen LogP contribution in [0.2, 0.25) is 0 Å². The molecule has 2 aromatic rings. The van der Waals surface area contributed by atoms with Crippen molar-refractivity contribution in [2.75, 3.05) is 5.73 Å². The second kappa shape index (κ2) is 3.90. The zero-order valence-corrected chi connectivity index (χ0v) is 9.32. The largest absolute Gasteiger partial charge is 0.383 e. The molecule has 0 aliphatic rings. The third-order valence-electron chi connectivity index (χ3n) is 2.14. The lowest BCUT2D eigenvalue weighted by atomic mass is 10.2.